The molecule has 196 valence electrons. The van der Waals surface area contributed by atoms with Crippen LogP contribution in [0.3, 0.4) is 0 Å². The standard InChI is InChI=1S/C29H29N3O5S/c1-5-20(3)31-28(33)27(38-29(31)30-23-11-6-19(2)7-12-23)17-22-10-15-25(26(16-22)36-4)37-18-21-8-13-24(14-9-21)32(34)35/h6-17,20H,5,18H2,1-4H3/b27-17+,30-29?/t20-/m0/s1. The highest BCUT2D eigenvalue weighted by Gasteiger charge is 2.36. The molecule has 3 aromatic rings. The Labute approximate surface area is 226 Å². The van der Waals surface area contributed by atoms with Crippen LogP contribution in [0.15, 0.2) is 76.6 Å². The molecule has 0 spiro atoms. The number of hydrogen-bond donors (Lipinski definition) is 0. The van der Waals surface area contributed by atoms with Gasteiger partial charge >= 0.3 is 0 Å². The second-order valence-corrected chi connectivity index (χ2v) is 9.90. The molecule has 1 amide bonds. The Kier molecular flexibility index (Phi) is 8.48. The molecule has 0 N–H and O–H groups in total. The van der Waals surface area contributed by atoms with Gasteiger partial charge in [-0.05, 0) is 85.6 Å². The van der Waals surface area contributed by atoms with E-state index in [9.17, 15) is 14.9 Å². The molecule has 4 rings (SSSR count). The van der Waals surface area contributed by atoms with E-state index in [1.54, 1.807) is 30.2 Å². The van der Waals surface area contributed by atoms with Crippen LogP contribution in [0.2, 0.25) is 0 Å². The van der Waals surface area contributed by atoms with E-state index in [1.807, 2.05) is 63.2 Å². The second-order valence-electron chi connectivity index (χ2n) is 8.90. The Bertz CT molecular complexity index is 1380. The first-order valence-corrected chi connectivity index (χ1v) is 13.0. The predicted molar refractivity (Wildman–Crippen MR) is 151 cm³/mol. The molecule has 1 saturated heterocycles. The van der Waals surface area contributed by atoms with E-state index in [-0.39, 0.29) is 24.2 Å². The average molecular weight is 532 g/mol. The highest BCUT2D eigenvalue weighted by Crippen LogP contribution is 2.37. The minimum atomic E-state index is -0.437. The van der Waals surface area contributed by atoms with Gasteiger partial charge in [0.05, 0.1) is 22.6 Å². The Morgan fingerprint density at radius 1 is 1.08 bits per heavy atom. The van der Waals surface area contributed by atoms with Gasteiger partial charge in [-0.25, -0.2) is 4.99 Å². The summed E-state index contributed by atoms with van der Waals surface area (Å²) in [5, 5.41) is 11.5. The third-order valence-corrected chi connectivity index (χ3v) is 7.14. The number of hydrogen-bond acceptors (Lipinski definition) is 7. The van der Waals surface area contributed by atoms with Crippen molar-refractivity contribution in [1.29, 1.82) is 0 Å². The second kappa shape index (κ2) is 12.0. The van der Waals surface area contributed by atoms with E-state index in [0.29, 0.717) is 21.6 Å². The third-order valence-electron chi connectivity index (χ3n) is 6.15. The number of ether oxygens (including phenoxy) is 2. The van der Waals surface area contributed by atoms with Gasteiger partial charge in [-0.3, -0.25) is 19.8 Å². The molecule has 9 heteroatoms. The number of non-ortho nitro benzene ring substituents is 1. The first-order valence-electron chi connectivity index (χ1n) is 12.2. The zero-order chi connectivity index (χ0) is 27.2. The summed E-state index contributed by atoms with van der Waals surface area (Å²) in [5.74, 6) is 0.970. The molecule has 1 atom stereocenters. The number of methoxy groups -OCH3 is 1. The Balaban J connectivity index is 1.55. The fourth-order valence-corrected chi connectivity index (χ4v) is 4.87. The Hall–Kier alpha value is -4.11. The highest BCUT2D eigenvalue weighted by molar-refractivity contribution is 8.18. The quantitative estimate of drug-likeness (QED) is 0.169. The minimum absolute atomic E-state index is 0.00910. The van der Waals surface area contributed by atoms with Crippen LogP contribution in [0, 0.1) is 17.0 Å². The van der Waals surface area contributed by atoms with Crippen molar-refractivity contribution in [3.05, 3.63) is 98.4 Å². The van der Waals surface area contributed by atoms with Crippen LogP contribution in [0.1, 0.15) is 37.0 Å². The van der Waals surface area contributed by atoms with E-state index >= 15 is 0 Å². The molecule has 0 bridgehead atoms. The number of thioether (sulfide) groups is 1. The smallest absolute Gasteiger partial charge is 0.269 e. The lowest BCUT2D eigenvalue weighted by molar-refractivity contribution is -0.384. The largest absolute Gasteiger partial charge is 0.493 e. The Morgan fingerprint density at radius 2 is 1.79 bits per heavy atom. The summed E-state index contributed by atoms with van der Waals surface area (Å²) < 4.78 is 11.4. The van der Waals surface area contributed by atoms with Crippen molar-refractivity contribution in [2.45, 2.75) is 39.8 Å². The van der Waals surface area contributed by atoms with Gasteiger partial charge < -0.3 is 9.47 Å². The lowest BCUT2D eigenvalue weighted by Gasteiger charge is -2.22. The van der Waals surface area contributed by atoms with Crippen molar-refractivity contribution >= 4 is 40.3 Å². The van der Waals surface area contributed by atoms with Gasteiger partial charge in [-0.1, -0.05) is 30.7 Å². The first kappa shape index (κ1) is 26.9. The summed E-state index contributed by atoms with van der Waals surface area (Å²) >= 11 is 1.36. The van der Waals surface area contributed by atoms with Crippen molar-refractivity contribution in [3.63, 3.8) is 0 Å². The van der Waals surface area contributed by atoms with Gasteiger partial charge in [0.1, 0.15) is 6.61 Å². The number of aliphatic imine (C=N–C) groups is 1. The molecule has 1 aliphatic heterocycles. The van der Waals surface area contributed by atoms with Crippen LogP contribution >= 0.6 is 11.8 Å². The van der Waals surface area contributed by atoms with Gasteiger partial charge in [-0.2, -0.15) is 0 Å². The maximum absolute atomic E-state index is 13.4. The topological polar surface area (TPSA) is 94.3 Å². The normalized spacial score (nSPS) is 16.2. The molecule has 8 nitrogen and oxygen atoms in total. The van der Waals surface area contributed by atoms with E-state index in [1.165, 1.54) is 23.9 Å². The SMILES string of the molecule is CC[C@H](C)N1C(=O)/C(=C\c2ccc(OCc3ccc([N+](=O)[O-])cc3)c(OC)c2)SC1=Nc1ccc(C)cc1. The number of nitro benzene ring substituents is 1. The van der Waals surface area contributed by atoms with Gasteiger partial charge in [-0.15, -0.1) is 0 Å². The van der Waals surface area contributed by atoms with Crippen molar-refractivity contribution in [2.24, 2.45) is 4.99 Å². The van der Waals surface area contributed by atoms with Crippen LogP contribution in [0.25, 0.3) is 6.08 Å². The molecular weight excluding hydrogens is 502 g/mol. The summed E-state index contributed by atoms with van der Waals surface area (Å²) in [4.78, 5) is 30.9. The van der Waals surface area contributed by atoms with Crippen molar-refractivity contribution in [3.8, 4) is 11.5 Å². The molecule has 0 aromatic heterocycles. The molecule has 38 heavy (non-hydrogen) atoms. The van der Waals surface area contributed by atoms with Crippen LogP contribution in [0.5, 0.6) is 11.5 Å². The fraction of sp³-hybridized carbons (Fsp3) is 0.241. The lowest BCUT2D eigenvalue weighted by atomic mass is 10.1. The molecular formula is C29H29N3O5S. The number of rotatable bonds is 9. The van der Waals surface area contributed by atoms with Crippen molar-refractivity contribution < 1.29 is 19.2 Å². The summed E-state index contributed by atoms with van der Waals surface area (Å²) in [7, 11) is 1.55. The maximum atomic E-state index is 13.4. The fourth-order valence-electron chi connectivity index (χ4n) is 3.79. The molecule has 0 unspecified atom stereocenters. The average Bonchev–Trinajstić information content (AvgIpc) is 3.22. The van der Waals surface area contributed by atoms with Crippen molar-refractivity contribution in [2.75, 3.05) is 7.11 Å². The number of carbonyl (C=O) groups is 1. The van der Waals surface area contributed by atoms with E-state index in [4.69, 9.17) is 14.5 Å². The maximum Gasteiger partial charge on any atom is 0.269 e. The molecule has 0 aliphatic carbocycles. The highest BCUT2D eigenvalue weighted by atomic mass is 32.2. The van der Waals surface area contributed by atoms with Gasteiger partial charge in [0, 0.05) is 18.2 Å². The van der Waals surface area contributed by atoms with Crippen molar-refractivity contribution in [1.82, 2.24) is 4.90 Å². The zero-order valence-corrected chi connectivity index (χ0v) is 22.5. The number of aryl methyl sites for hydroxylation is 1. The molecule has 0 saturated carbocycles. The molecule has 0 radical (unpaired) electrons. The lowest BCUT2D eigenvalue weighted by Crippen LogP contribution is -2.36. The number of amides is 1. The summed E-state index contributed by atoms with van der Waals surface area (Å²) in [6.07, 6.45) is 2.64. The number of nitrogens with zero attached hydrogens (tertiary/aromatic N) is 3. The van der Waals surface area contributed by atoms with Crippen LogP contribution in [0.4, 0.5) is 11.4 Å². The molecule has 1 heterocycles. The number of benzene rings is 3. The zero-order valence-electron chi connectivity index (χ0n) is 21.7. The van der Waals surface area contributed by atoms with E-state index < -0.39 is 4.92 Å². The van der Waals surface area contributed by atoms with Crippen LogP contribution in [-0.4, -0.2) is 34.0 Å². The monoisotopic (exact) mass is 531 g/mol. The minimum Gasteiger partial charge on any atom is -0.493 e. The van der Waals surface area contributed by atoms with Gasteiger partial charge in [0.25, 0.3) is 11.6 Å². The molecule has 1 aliphatic rings. The van der Waals surface area contributed by atoms with E-state index in [2.05, 4.69) is 0 Å². The Morgan fingerprint density at radius 3 is 2.42 bits per heavy atom. The number of carbonyl (C=O) groups excluding carboxylic acids is 1. The van der Waals surface area contributed by atoms with E-state index in [0.717, 1.165) is 28.8 Å². The third kappa shape index (κ3) is 6.23. The summed E-state index contributed by atoms with van der Waals surface area (Å²) in [6.45, 7) is 6.32. The van der Waals surface area contributed by atoms with Gasteiger partial charge in [0.2, 0.25) is 0 Å². The van der Waals surface area contributed by atoms with Gasteiger partial charge in [0.15, 0.2) is 16.7 Å². The first-order chi connectivity index (χ1) is 18.3. The molecule has 1 fully saturated rings. The van der Waals surface area contributed by atoms with Crippen LogP contribution in [-0.2, 0) is 11.4 Å². The molecule has 3 aromatic carbocycles. The number of amidine groups is 1. The predicted octanol–water partition coefficient (Wildman–Crippen LogP) is 6.89. The summed E-state index contributed by atoms with van der Waals surface area (Å²) in [6, 6.07) is 19.6. The van der Waals surface area contributed by atoms with Crippen LogP contribution < -0.4 is 9.47 Å². The summed E-state index contributed by atoms with van der Waals surface area (Å²) in [5.41, 5.74) is 3.57. The number of nitro groups is 1.